The minimum absolute atomic E-state index is 0.0182. The molecule has 0 aliphatic heterocycles. The van der Waals surface area contributed by atoms with Crippen LogP contribution in [0.2, 0.25) is 0 Å². The minimum atomic E-state index is -0.749. The van der Waals surface area contributed by atoms with E-state index in [1.165, 1.54) is 18.2 Å². The van der Waals surface area contributed by atoms with Gasteiger partial charge in [0.15, 0.2) is 0 Å². The van der Waals surface area contributed by atoms with E-state index in [1.807, 2.05) is 25.1 Å². The molecule has 4 rings (SSSR count). The molecule has 0 fully saturated rings. The van der Waals surface area contributed by atoms with E-state index in [0.717, 1.165) is 23.5 Å². The number of aromatic nitrogens is 3. The largest absolute Gasteiger partial charge is 0.355 e. The third kappa shape index (κ3) is 4.52. The molecule has 0 saturated heterocycles. The Bertz CT molecular complexity index is 1440. The third-order valence-electron chi connectivity index (χ3n) is 4.74. The molecule has 13 heteroatoms. The molecule has 3 N–H and O–H groups in total. The van der Waals surface area contributed by atoms with Crippen molar-refractivity contribution < 1.29 is 14.6 Å². The van der Waals surface area contributed by atoms with Crippen LogP contribution in [-0.2, 0) is 0 Å². The Labute approximate surface area is 191 Å². The number of nitro groups is 2. The predicted molar refractivity (Wildman–Crippen MR) is 123 cm³/mol. The first-order valence-electron chi connectivity index (χ1n) is 9.77. The van der Waals surface area contributed by atoms with Crippen molar-refractivity contribution in [1.29, 1.82) is 0 Å². The van der Waals surface area contributed by atoms with Crippen LogP contribution in [0.1, 0.15) is 16.1 Å². The van der Waals surface area contributed by atoms with Gasteiger partial charge in [-0.25, -0.2) is 9.97 Å². The van der Waals surface area contributed by atoms with Crippen LogP contribution in [0.15, 0.2) is 60.9 Å². The Morgan fingerprint density at radius 2 is 1.71 bits per heavy atom. The lowest BCUT2D eigenvalue weighted by Crippen LogP contribution is -2.30. The van der Waals surface area contributed by atoms with E-state index in [0.29, 0.717) is 11.2 Å². The number of carbonyl (C=O) groups is 1. The van der Waals surface area contributed by atoms with Gasteiger partial charge in [0.25, 0.3) is 11.6 Å². The number of nitrogens with zero attached hydrogens (tertiary/aromatic N) is 5. The highest BCUT2D eigenvalue weighted by Gasteiger charge is 2.24. The summed E-state index contributed by atoms with van der Waals surface area (Å²) in [5.41, 5.74) is 5.91. The molecule has 2 aromatic carbocycles. The number of hydrogen-bond acceptors (Lipinski definition) is 10. The lowest BCUT2D eigenvalue weighted by Gasteiger charge is -2.12. The number of amides is 1. The third-order valence-corrected chi connectivity index (χ3v) is 4.74. The molecule has 0 aliphatic rings. The number of pyridine rings is 1. The van der Waals surface area contributed by atoms with Crippen molar-refractivity contribution in [3.8, 4) is 0 Å². The molecule has 0 spiro atoms. The van der Waals surface area contributed by atoms with Crippen molar-refractivity contribution in [3.63, 3.8) is 0 Å². The fourth-order valence-electron chi connectivity index (χ4n) is 3.18. The van der Waals surface area contributed by atoms with E-state index in [2.05, 4.69) is 31.1 Å². The summed E-state index contributed by atoms with van der Waals surface area (Å²) in [6.07, 6.45) is 1.09. The predicted octanol–water partition coefficient (Wildman–Crippen LogP) is 3.65. The molecular formula is C21H16N8O5. The number of nitrogens with one attached hydrogen (secondary N) is 3. The summed E-state index contributed by atoms with van der Waals surface area (Å²) in [6, 6.07) is 14.0. The van der Waals surface area contributed by atoms with Crippen molar-refractivity contribution in [2.24, 2.45) is 0 Å². The molecule has 0 aliphatic carbocycles. The number of aryl methyl sites for hydroxylation is 1. The van der Waals surface area contributed by atoms with Gasteiger partial charge in [0.2, 0.25) is 11.6 Å². The summed E-state index contributed by atoms with van der Waals surface area (Å²) in [6.45, 7) is 1.86. The zero-order chi connectivity index (χ0) is 24.2. The van der Waals surface area contributed by atoms with Crippen LogP contribution in [0, 0.1) is 27.2 Å². The van der Waals surface area contributed by atoms with Gasteiger partial charge in [-0.15, -0.1) is 0 Å². The second-order valence-corrected chi connectivity index (χ2v) is 7.01. The van der Waals surface area contributed by atoms with Crippen LogP contribution in [0.3, 0.4) is 0 Å². The van der Waals surface area contributed by atoms with Crippen LogP contribution in [0.25, 0.3) is 10.9 Å². The maximum atomic E-state index is 12.4. The second-order valence-electron chi connectivity index (χ2n) is 7.01. The lowest BCUT2D eigenvalue weighted by atomic mass is 10.1. The van der Waals surface area contributed by atoms with Gasteiger partial charge in [0.1, 0.15) is 6.33 Å². The molecule has 0 atom stereocenters. The number of anilines is 3. The zero-order valence-corrected chi connectivity index (χ0v) is 17.6. The maximum Gasteiger partial charge on any atom is 0.355 e. The van der Waals surface area contributed by atoms with Gasteiger partial charge in [-0.3, -0.25) is 40.9 Å². The first-order valence-corrected chi connectivity index (χ1v) is 9.77. The highest BCUT2D eigenvalue weighted by molar-refractivity contribution is 5.96. The van der Waals surface area contributed by atoms with Crippen LogP contribution >= 0.6 is 0 Å². The van der Waals surface area contributed by atoms with Gasteiger partial charge in [-0.1, -0.05) is 12.1 Å². The Hall–Kier alpha value is -5.20. The number of carbonyl (C=O) groups excluding carboxylic acids is 1. The first-order chi connectivity index (χ1) is 16.3. The summed E-state index contributed by atoms with van der Waals surface area (Å²) in [5.74, 6) is -1.14. The number of benzene rings is 2. The fourth-order valence-corrected chi connectivity index (χ4v) is 3.18. The summed E-state index contributed by atoms with van der Waals surface area (Å²) in [4.78, 5) is 46.1. The van der Waals surface area contributed by atoms with Gasteiger partial charge in [-0.2, -0.15) is 0 Å². The number of rotatable bonds is 7. The Kier molecular flexibility index (Phi) is 5.90. The molecule has 13 nitrogen and oxygen atoms in total. The van der Waals surface area contributed by atoms with Gasteiger partial charge in [-0.05, 0) is 37.3 Å². The normalized spacial score (nSPS) is 10.5. The van der Waals surface area contributed by atoms with Crippen LogP contribution < -0.4 is 16.2 Å². The minimum Gasteiger partial charge on any atom is -0.334 e. The van der Waals surface area contributed by atoms with E-state index < -0.39 is 21.4 Å². The Morgan fingerprint density at radius 1 is 0.941 bits per heavy atom. The molecule has 34 heavy (non-hydrogen) atoms. The highest BCUT2D eigenvalue weighted by atomic mass is 16.6. The van der Waals surface area contributed by atoms with Crippen LogP contribution in [-0.4, -0.2) is 30.7 Å². The zero-order valence-electron chi connectivity index (χ0n) is 17.6. The number of non-ortho nitro benzene ring substituents is 1. The average Bonchev–Trinajstić information content (AvgIpc) is 2.82. The van der Waals surface area contributed by atoms with E-state index in [1.54, 1.807) is 12.1 Å². The van der Waals surface area contributed by atoms with E-state index in [4.69, 9.17) is 0 Å². The smallest absolute Gasteiger partial charge is 0.334 e. The summed E-state index contributed by atoms with van der Waals surface area (Å²) < 4.78 is 0. The van der Waals surface area contributed by atoms with E-state index in [9.17, 15) is 25.0 Å². The van der Waals surface area contributed by atoms with Crippen molar-refractivity contribution in [1.82, 2.24) is 20.4 Å². The summed E-state index contributed by atoms with van der Waals surface area (Å²) in [5, 5.41) is 26.4. The fraction of sp³-hybridized carbons (Fsp3) is 0.0476. The molecule has 1 amide bonds. The van der Waals surface area contributed by atoms with Crippen molar-refractivity contribution in [3.05, 3.63) is 92.4 Å². The molecule has 170 valence electrons. The Balaban J connectivity index is 1.61. The van der Waals surface area contributed by atoms with Crippen molar-refractivity contribution >= 4 is 45.5 Å². The Morgan fingerprint density at radius 3 is 2.47 bits per heavy atom. The first kappa shape index (κ1) is 22.0. The molecule has 0 saturated carbocycles. The van der Waals surface area contributed by atoms with Gasteiger partial charge in [0, 0.05) is 34.5 Å². The standard InChI is InChI=1S/C21H16N8O5/c1-12-8-9-15-16(24-12)6-3-7-17(15)25-19-18(29(33)34)20(23-11-22-19)26-27-21(30)13-4-2-5-14(10-13)28(31)32/h2-11H,1H3,(H,27,30)(H2,22,23,25,26). The van der Waals surface area contributed by atoms with Gasteiger partial charge < -0.3 is 5.32 Å². The van der Waals surface area contributed by atoms with Gasteiger partial charge in [0.05, 0.1) is 15.4 Å². The van der Waals surface area contributed by atoms with Crippen molar-refractivity contribution in [2.45, 2.75) is 6.92 Å². The van der Waals surface area contributed by atoms with E-state index >= 15 is 0 Å². The van der Waals surface area contributed by atoms with Crippen LogP contribution in [0.4, 0.5) is 28.7 Å². The van der Waals surface area contributed by atoms with Crippen molar-refractivity contribution in [2.75, 3.05) is 10.7 Å². The molecule has 0 unspecified atom stereocenters. The summed E-state index contributed by atoms with van der Waals surface area (Å²) in [7, 11) is 0. The number of hydrogen-bond donors (Lipinski definition) is 3. The van der Waals surface area contributed by atoms with E-state index in [-0.39, 0.29) is 22.9 Å². The molecular weight excluding hydrogens is 444 g/mol. The van der Waals surface area contributed by atoms with Crippen LogP contribution in [0.5, 0.6) is 0 Å². The number of fused-ring (bicyclic) bond motifs is 1. The SMILES string of the molecule is Cc1ccc2c(Nc3ncnc(NNC(=O)c4cccc([N+](=O)[O-])c4)c3[N+](=O)[O-])cccc2n1. The molecule has 2 aromatic heterocycles. The average molecular weight is 460 g/mol. The molecule has 2 heterocycles. The number of hydrazine groups is 1. The number of nitro benzene ring substituents is 1. The van der Waals surface area contributed by atoms with Gasteiger partial charge >= 0.3 is 5.69 Å². The molecule has 0 radical (unpaired) electrons. The topological polar surface area (TPSA) is 178 Å². The maximum absolute atomic E-state index is 12.4. The second kappa shape index (κ2) is 9.12. The highest BCUT2D eigenvalue weighted by Crippen LogP contribution is 2.33. The summed E-state index contributed by atoms with van der Waals surface area (Å²) >= 11 is 0. The quantitative estimate of drug-likeness (QED) is 0.272. The molecule has 4 aromatic rings. The molecule has 0 bridgehead atoms. The monoisotopic (exact) mass is 460 g/mol. The lowest BCUT2D eigenvalue weighted by molar-refractivity contribution is -0.384.